The summed E-state index contributed by atoms with van der Waals surface area (Å²) in [7, 11) is 0. The standard InChI is InChI=1S/C14H30N2O/c1-4-12(6-9-17)16-14(11-15)8-5-7-13(2,3)10-14/h12,16-17H,4-11,15H2,1-3H3. The van der Waals surface area contributed by atoms with Crippen molar-refractivity contribution in [1.82, 2.24) is 5.32 Å². The van der Waals surface area contributed by atoms with Crippen molar-refractivity contribution < 1.29 is 5.11 Å². The summed E-state index contributed by atoms with van der Waals surface area (Å²) >= 11 is 0. The molecule has 0 aromatic carbocycles. The predicted octanol–water partition coefficient (Wildman–Crippen LogP) is 2.03. The first-order valence-electron chi connectivity index (χ1n) is 7.05. The van der Waals surface area contributed by atoms with Crippen LogP contribution in [-0.4, -0.2) is 29.8 Å². The lowest BCUT2D eigenvalue weighted by Gasteiger charge is -2.47. The average molecular weight is 242 g/mol. The zero-order valence-electron chi connectivity index (χ0n) is 11.8. The minimum atomic E-state index is 0.0948. The minimum Gasteiger partial charge on any atom is -0.396 e. The van der Waals surface area contributed by atoms with Crippen molar-refractivity contribution in [1.29, 1.82) is 0 Å². The first-order chi connectivity index (χ1) is 7.97. The Labute approximate surface area is 106 Å². The number of hydrogen-bond acceptors (Lipinski definition) is 3. The van der Waals surface area contributed by atoms with E-state index in [9.17, 15) is 0 Å². The SMILES string of the molecule is CCC(CCO)NC1(CN)CCCC(C)(C)C1. The Morgan fingerprint density at radius 3 is 2.53 bits per heavy atom. The Morgan fingerprint density at radius 2 is 2.06 bits per heavy atom. The molecule has 2 atom stereocenters. The highest BCUT2D eigenvalue weighted by Crippen LogP contribution is 2.40. The molecule has 3 nitrogen and oxygen atoms in total. The molecule has 0 bridgehead atoms. The normalized spacial score (nSPS) is 30.2. The van der Waals surface area contributed by atoms with Crippen LogP contribution in [0.25, 0.3) is 0 Å². The second-order valence-electron chi connectivity index (χ2n) is 6.44. The molecule has 0 radical (unpaired) electrons. The topological polar surface area (TPSA) is 58.3 Å². The zero-order valence-corrected chi connectivity index (χ0v) is 11.8. The van der Waals surface area contributed by atoms with E-state index in [0.717, 1.165) is 19.3 Å². The van der Waals surface area contributed by atoms with E-state index >= 15 is 0 Å². The summed E-state index contributed by atoms with van der Waals surface area (Å²) in [5.74, 6) is 0. The van der Waals surface area contributed by atoms with Crippen LogP contribution in [-0.2, 0) is 0 Å². The van der Waals surface area contributed by atoms with Crippen LogP contribution in [0, 0.1) is 5.41 Å². The van der Waals surface area contributed by atoms with Crippen LogP contribution in [0.15, 0.2) is 0 Å². The summed E-state index contributed by atoms with van der Waals surface area (Å²) < 4.78 is 0. The first-order valence-corrected chi connectivity index (χ1v) is 7.05. The van der Waals surface area contributed by atoms with Crippen LogP contribution >= 0.6 is 0 Å². The van der Waals surface area contributed by atoms with Gasteiger partial charge in [-0.3, -0.25) is 0 Å². The van der Waals surface area contributed by atoms with E-state index in [0.29, 0.717) is 18.0 Å². The van der Waals surface area contributed by atoms with Gasteiger partial charge in [0, 0.05) is 24.7 Å². The minimum absolute atomic E-state index is 0.0948. The molecular formula is C14H30N2O. The molecule has 0 spiro atoms. The fraction of sp³-hybridized carbons (Fsp3) is 1.00. The fourth-order valence-corrected chi connectivity index (χ4v) is 3.32. The third-order valence-electron chi connectivity index (χ3n) is 4.20. The molecule has 1 saturated carbocycles. The third-order valence-corrected chi connectivity index (χ3v) is 4.20. The highest BCUT2D eigenvalue weighted by atomic mass is 16.3. The van der Waals surface area contributed by atoms with E-state index < -0.39 is 0 Å². The monoisotopic (exact) mass is 242 g/mol. The van der Waals surface area contributed by atoms with Gasteiger partial charge in [-0.25, -0.2) is 0 Å². The molecule has 0 heterocycles. The molecule has 17 heavy (non-hydrogen) atoms. The summed E-state index contributed by atoms with van der Waals surface area (Å²) in [6.07, 6.45) is 6.77. The van der Waals surface area contributed by atoms with Gasteiger partial charge in [-0.05, 0) is 37.5 Å². The van der Waals surface area contributed by atoms with Crippen LogP contribution in [0.1, 0.15) is 59.3 Å². The molecule has 1 fully saturated rings. The molecule has 2 unspecified atom stereocenters. The van der Waals surface area contributed by atoms with Gasteiger partial charge >= 0.3 is 0 Å². The lowest BCUT2D eigenvalue weighted by atomic mass is 9.67. The number of nitrogens with one attached hydrogen (secondary N) is 1. The van der Waals surface area contributed by atoms with Gasteiger partial charge in [0.05, 0.1) is 0 Å². The molecule has 1 aliphatic carbocycles. The zero-order chi connectivity index (χ0) is 12.9. The van der Waals surface area contributed by atoms with Crippen LogP contribution in [0.2, 0.25) is 0 Å². The van der Waals surface area contributed by atoms with Crippen molar-refractivity contribution in [2.24, 2.45) is 11.1 Å². The number of nitrogens with two attached hydrogens (primary N) is 1. The largest absolute Gasteiger partial charge is 0.396 e. The third kappa shape index (κ3) is 4.23. The van der Waals surface area contributed by atoms with Gasteiger partial charge in [0.2, 0.25) is 0 Å². The van der Waals surface area contributed by atoms with Crippen LogP contribution in [0.4, 0.5) is 0 Å². The Morgan fingerprint density at radius 1 is 1.35 bits per heavy atom. The molecular weight excluding hydrogens is 212 g/mol. The molecule has 102 valence electrons. The molecule has 3 heteroatoms. The van der Waals surface area contributed by atoms with Crippen molar-refractivity contribution in [2.45, 2.75) is 70.9 Å². The predicted molar refractivity (Wildman–Crippen MR) is 73.0 cm³/mol. The Kier molecular flexibility index (Phi) is 5.42. The van der Waals surface area contributed by atoms with Crippen molar-refractivity contribution >= 4 is 0 Å². The molecule has 4 N–H and O–H groups in total. The second kappa shape index (κ2) is 6.17. The Hall–Kier alpha value is -0.120. The quantitative estimate of drug-likeness (QED) is 0.668. The van der Waals surface area contributed by atoms with Crippen molar-refractivity contribution in [2.75, 3.05) is 13.2 Å². The van der Waals surface area contributed by atoms with Gasteiger partial charge in [-0.2, -0.15) is 0 Å². The summed E-state index contributed by atoms with van der Waals surface area (Å²) in [5.41, 5.74) is 6.52. The smallest absolute Gasteiger partial charge is 0.0445 e. The number of aliphatic hydroxyl groups excluding tert-OH is 1. The molecule has 1 aliphatic rings. The lowest BCUT2D eigenvalue weighted by Crippen LogP contribution is -2.58. The molecule has 0 aromatic rings. The summed E-state index contributed by atoms with van der Waals surface area (Å²) in [6, 6.07) is 0.400. The van der Waals surface area contributed by atoms with Crippen molar-refractivity contribution in [3.63, 3.8) is 0 Å². The Balaban J connectivity index is 2.67. The highest BCUT2D eigenvalue weighted by Gasteiger charge is 2.39. The highest BCUT2D eigenvalue weighted by molar-refractivity contribution is 4.99. The molecule has 0 aliphatic heterocycles. The second-order valence-corrected chi connectivity index (χ2v) is 6.44. The van der Waals surface area contributed by atoms with Crippen LogP contribution in [0.3, 0.4) is 0 Å². The van der Waals surface area contributed by atoms with Crippen molar-refractivity contribution in [3.8, 4) is 0 Å². The number of rotatable bonds is 6. The first kappa shape index (κ1) is 14.9. The van der Waals surface area contributed by atoms with Crippen molar-refractivity contribution in [3.05, 3.63) is 0 Å². The van der Waals surface area contributed by atoms with Gasteiger partial charge in [0.25, 0.3) is 0 Å². The summed E-state index contributed by atoms with van der Waals surface area (Å²) in [6.45, 7) is 7.82. The number of aliphatic hydroxyl groups is 1. The van der Waals surface area contributed by atoms with Gasteiger partial charge < -0.3 is 16.2 Å². The molecule has 0 saturated heterocycles. The average Bonchev–Trinajstić information content (AvgIpc) is 2.27. The van der Waals surface area contributed by atoms with E-state index in [-0.39, 0.29) is 12.1 Å². The van der Waals surface area contributed by atoms with Gasteiger partial charge in [-0.1, -0.05) is 27.2 Å². The van der Waals surface area contributed by atoms with E-state index in [1.54, 1.807) is 0 Å². The molecule has 0 aromatic heterocycles. The van der Waals surface area contributed by atoms with E-state index in [1.165, 1.54) is 19.3 Å². The van der Waals surface area contributed by atoms with Gasteiger partial charge in [0.15, 0.2) is 0 Å². The molecule has 0 amide bonds. The van der Waals surface area contributed by atoms with E-state index in [2.05, 4.69) is 26.1 Å². The number of hydrogen-bond donors (Lipinski definition) is 3. The van der Waals surface area contributed by atoms with Crippen LogP contribution in [0.5, 0.6) is 0 Å². The lowest BCUT2D eigenvalue weighted by molar-refractivity contribution is 0.107. The fourth-order valence-electron chi connectivity index (χ4n) is 3.32. The van der Waals surface area contributed by atoms with E-state index in [4.69, 9.17) is 10.8 Å². The Bertz CT molecular complexity index is 230. The summed E-state index contributed by atoms with van der Waals surface area (Å²) in [5, 5.41) is 12.8. The van der Waals surface area contributed by atoms with E-state index in [1.807, 2.05) is 0 Å². The van der Waals surface area contributed by atoms with Gasteiger partial charge in [-0.15, -0.1) is 0 Å². The summed E-state index contributed by atoms with van der Waals surface area (Å²) in [4.78, 5) is 0. The van der Waals surface area contributed by atoms with Crippen LogP contribution < -0.4 is 11.1 Å². The maximum Gasteiger partial charge on any atom is 0.0445 e. The molecule has 1 rings (SSSR count). The maximum absolute atomic E-state index is 9.09. The van der Waals surface area contributed by atoms with Gasteiger partial charge in [0.1, 0.15) is 0 Å². The maximum atomic E-state index is 9.09.